The molecule has 1 atom stereocenters. The fourth-order valence-electron chi connectivity index (χ4n) is 1.63. The van der Waals surface area contributed by atoms with Crippen LogP contribution in [0.1, 0.15) is 23.5 Å². The van der Waals surface area contributed by atoms with Crippen molar-refractivity contribution in [1.82, 2.24) is 10.3 Å². The van der Waals surface area contributed by atoms with Crippen LogP contribution in [0.5, 0.6) is 5.75 Å². The van der Waals surface area contributed by atoms with Crippen molar-refractivity contribution in [2.45, 2.75) is 19.6 Å². The van der Waals surface area contributed by atoms with Crippen LogP contribution in [0.2, 0.25) is 0 Å². The fraction of sp³-hybridized carbons (Fsp3) is 0.286. The van der Waals surface area contributed by atoms with E-state index in [9.17, 15) is 4.79 Å². The minimum Gasteiger partial charge on any atom is -0.482 e. The van der Waals surface area contributed by atoms with Crippen LogP contribution in [0.4, 0.5) is 0 Å². The van der Waals surface area contributed by atoms with Crippen molar-refractivity contribution in [2.75, 3.05) is 6.61 Å². The molecule has 0 aromatic carbocycles. The first-order valence-corrected chi connectivity index (χ1v) is 7.08. The Morgan fingerprint density at radius 3 is 2.95 bits per heavy atom. The van der Waals surface area contributed by atoms with E-state index in [1.54, 1.807) is 23.5 Å². The van der Waals surface area contributed by atoms with Gasteiger partial charge in [0.25, 0.3) is 5.91 Å². The average Bonchev–Trinajstić information content (AvgIpc) is 3.00. The lowest BCUT2D eigenvalue weighted by molar-refractivity contribution is -0.123. The van der Waals surface area contributed by atoms with Crippen molar-refractivity contribution in [2.24, 2.45) is 0 Å². The van der Waals surface area contributed by atoms with Gasteiger partial charge in [0.1, 0.15) is 5.75 Å². The molecule has 2 N–H and O–H groups in total. The predicted octanol–water partition coefficient (Wildman–Crippen LogP) is 1.89. The maximum Gasteiger partial charge on any atom is 0.258 e. The molecule has 1 unspecified atom stereocenters. The summed E-state index contributed by atoms with van der Waals surface area (Å²) in [5.74, 6) is 0.318. The van der Waals surface area contributed by atoms with Gasteiger partial charge < -0.3 is 15.2 Å². The molecule has 0 spiro atoms. The number of pyridine rings is 1. The standard InChI is InChI=1S/C14H16N2O3S/c1-10(13-3-2-6-20-13)16-14(18)9-19-12-5-4-11(8-17)15-7-12/h2-7,10,17H,8-9H2,1H3,(H,16,18). The molecule has 0 aliphatic rings. The summed E-state index contributed by atoms with van der Waals surface area (Å²) in [4.78, 5) is 16.8. The molecule has 106 valence electrons. The Labute approximate surface area is 121 Å². The molecule has 0 saturated carbocycles. The summed E-state index contributed by atoms with van der Waals surface area (Å²) >= 11 is 1.60. The zero-order valence-corrected chi connectivity index (χ0v) is 11.9. The Morgan fingerprint density at radius 1 is 1.50 bits per heavy atom. The lowest BCUT2D eigenvalue weighted by atomic mass is 10.3. The van der Waals surface area contributed by atoms with E-state index in [1.165, 1.54) is 6.20 Å². The number of ether oxygens (including phenoxy) is 1. The number of thiophene rings is 1. The fourth-order valence-corrected chi connectivity index (χ4v) is 2.37. The third kappa shape index (κ3) is 4.04. The van der Waals surface area contributed by atoms with Crippen molar-refractivity contribution >= 4 is 17.2 Å². The van der Waals surface area contributed by atoms with Crippen LogP contribution in [0, 0.1) is 0 Å². The highest BCUT2D eigenvalue weighted by Crippen LogP contribution is 2.17. The number of carbonyl (C=O) groups excluding carboxylic acids is 1. The molecule has 2 rings (SSSR count). The van der Waals surface area contributed by atoms with Crippen molar-refractivity contribution in [3.8, 4) is 5.75 Å². The predicted molar refractivity (Wildman–Crippen MR) is 76.5 cm³/mol. The molecular formula is C14H16N2O3S. The Balaban J connectivity index is 1.79. The number of amides is 1. The van der Waals surface area contributed by atoms with E-state index in [0.29, 0.717) is 11.4 Å². The number of aliphatic hydroxyl groups is 1. The van der Waals surface area contributed by atoms with Gasteiger partial charge in [-0.25, -0.2) is 0 Å². The molecule has 5 nitrogen and oxygen atoms in total. The molecule has 0 saturated heterocycles. The smallest absolute Gasteiger partial charge is 0.258 e. The lowest BCUT2D eigenvalue weighted by Gasteiger charge is -2.12. The van der Waals surface area contributed by atoms with E-state index in [0.717, 1.165) is 4.88 Å². The number of hydrogen-bond acceptors (Lipinski definition) is 5. The summed E-state index contributed by atoms with van der Waals surface area (Å²) in [5, 5.41) is 13.7. The number of rotatable bonds is 6. The zero-order chi connectivity index (χ0) is 14.4. The van der Waals surface area contributed by atoms with Crippen molar-refractivity contribution in [3.63, 3.8) is 0 Å². The SMILES string of the molecule is CC(NC(=O)COc1ccc(CO)nc1)c1cccs1. The minimum absolute atomic E-state index is 0.0269. The van der Waals surface area contributed by atoms with Crippen LogP contribution >= 0.6 is 11.3 Å². The molecular weight excluding hydrogens is 276 g/mol. The second kappa shape index (κ2) is 7.02. The Morgan fingerprint density at radius 2 is 2.35 bits per heavy atom. The van der Waals surface area contributed by atoms with Gasteiger partial charge in [-0.1, -0.05) is 6.07 Å². The van der Waals surface area contributed by atoms with E-state index in [1.807, 2.05) is 24.4 Å². The van der Waals surface area contributed by atoms with Crippen LogP contribution in [0.25, 0.3) is 0 Å². The first-order chi connectivity index (χ1) is 9.69. The molecule has 2 aromatic heterocycles. The molecule has 20 heavy (non-hydrogen) atoms. The van der Waals surface area contributed by atoms with Gasteiger partial charge >= 0.3 is 0 Å². The topological polar surface area (TPSA) is 71.5 Å². The maximum atomic E-state index is 11.8. The monoisotopic (exact) mass is 292 g/mol. The van der Waals surface area contributed by atoms with Gasteiger partial charge in [0.15, 0.2) is 6.61 Å². The second-order valence-corrected chi connectivity index (χ2v) is 5.22. The molecule has 1 amide bonds. The third-order valence-electron chi connectivity index (χ3n) is 2.68. The van der Waals surface area contributed by atoms with E-state index in [-0.39, 0.29) is 25.2 Å². The first kappa shape index (κ1) is 14.5. The summed E-state index contributed by atoms with van der Waals surface area (Å²) in [5.41, 5.74) is 0.563. The van der Waals surface area contributed by atoms with Crippen molar-refractivity contribution in [1.29, 1.82) is 0 Å². The van der Waals surface area contributed by atoms with Crippen molar-refractivity contribution in [3.05, 3.63) is 46.4 Å². The molecule has 0 fully saturated rings. The summed E-state index contributed by atoms with van der Waals surface area (Å²) in [7, 11) is 0. The Kier molecular flexibility index (Phi) is 5.09. The summed E-state index contributed by atoms with van der Waals surface area (Å²) in [6.07, 6.45) is 1.49. The molecule has 0 aliphatic carbocycles. The van der Waals surface area contributed by atoms with Gasteiger partial charge in [-0.05, 0) is 30.5 Å². The number of aliphatic hydroxyl groups excluding tert-OH is 1. The third-order valence-corrected chi connectivity index (χ3v) is 3.73. The van der Waals surface area contributed by atoms with E-state index in [2.05, 4.69) is 10.3 Å². The van der Waals surface area contributed by atoms with E-state index >= 15 is 0 Å². The van der Waals surface area contributed by atoms with Crippen LogP contribution < -0.4 is 10.1 Å². The molecule has 2 aromatic rings. The normalized spacial score (nSPS) is 11.9. The number of nitrogens with one attached hydrogen (secondary N) is 1. The van der Waals surface area contributed by atoms with Gasteiger partial charge in [-0.2, -0.15) is 0 Å². The van der Waals surface area contributed by atoms with E-state index < -0.39 is 0 Å². The largest absolute Gasteiger partial charge is 0.482 e. The number of hydrogen-bond donors (Lipinski definition) is 2. The van der Waals surface area contributed by atoms with Gasteiger partial charge in [0.05, 0.1) is 24.5 Å². The highest BCUT2D eigenvalue weighted by molar-refractivity contribution is 7.10. The van der Waals surface area contributed by atoms with Crippen molar-refractivity contribution < 1.29 is 14.6 Å². The van der Waals surface area contributed by atoms with Gasteiger partial charge in [-0.3, -0.25) is 9.78 Å². The molecule has 0 radical (unpaired) electrons. The maximum absolute atomic E-state index is 11.8. The number of carbonyl (C=O) groups is 1. The summed E-state index contributed by atoms with van der Waals surface area (Å²) in [6, 6.07) is 7.23. The van der Waals surface area contributed by atoms with Crippen LogP contribution in [0.15, 0.2) is 35.8 Å². The zero-order valence-electron chi connectivity index (χ0n) is 11.1. The highest BCUT2D eigenvalue weighted by atomic mass is 32.1. The van der Waals surface area contributed by atoms with Gasteiger partial charge in [-0.15, -0.1) is 11.3 Å². The Hall–Kier alpha value is -1.92. The number of aromatic nitrogens is 1. The minimum atomic E-state index is -0.183. The van der Waals surface area contributed by atoms with E-state index in [4.69, 9.17) is 9.84 Å². The summed E-state index contributed by atoms with van der Waals surface area (Å²) in [6.45, 7) is 1.76. The number of nitrogens with zero attached hydrogens (tertiary/aromatic N) is 1. The van der Waals surface area contributed by atoms with Gasteiger partial charge in [0.2, 0.25) is 0 Å². The Bertz CT molecular complexity index is 540. The lowest BCUT2D eigenvalue weighted by Crippen LogP contribution is -2.30. The van der Waals surface area contributed by atoms with Crippen LogP contribution in [0.3, 0.4) is 0 Å². The van der Waals surface area contributed by atoms with Gasteiger partial charge in [0, 0.05) is 4.88 Å². The highest BCUT2D eigenvalue weighted by Gasteiger charge is 2.10. The molecule has 0 aliphatic heterocycles. The molecule has 6 heteroatoms. The second-order valence-electron chi connectivity index (χ2n) is 4.24. The average molecular weight is 292 g/mol. The summed E-state index contributed by atoms with van der Waals surface area (Å²) < 4.78 is 5.33. The molecule has 2 heterocycles. The quantitative estimate of drug-likeness (QED) is 0.853. The van der Waals surface area contributed by atoms with Crippen LogP contribution in [-0.2, 0) is 11.4 Å². The molecule has 0 bridgehead atoms. The first-order valence-electron chi connectivity index (χ1n) is 6.20. The van der Waals surface area contributed by atoms with Crippen LogP contribution in [-0.4, -0.2) is 22.6 Å².